The monoisotopic (exact) mass is 190 g/mol. The fourth-order valence-corrected chi connectivity index (χ4v) is 1.47. The summed E-state index contributed by atoms with van der Waals surface area (Å²) in [5.41, 5.74) is -0.479. The molecule has 0 saturated carbocycles. The van der Waals surface area contributed by atoms with Crippen LogP contribution in [0.5, 0.6) is 0 Å². The van der Waals surface area contributed by atoms with E-state index in [0.29, 0.717) is 0 Å². The molecule has 0 aliphatic heterocycles. The molecule has 0 fully saturated rings. The molecule has 0 aromatic carbocycles. The Morgan fingerprint density at radius 3 is 2.58 bits per heavy atom. The van der Waals surface area contributed by atoms with Gasteiger partial charge in [0.1, 0.15) is 5.30 Å². The Bertz CT molecular complexity index is 393. The van der Waals surface area contributed by atoms with E-state index in [9.17, 15) is 9.36 Å². The third kappa shape index (κ3) is 1.79. The molecule has 0 unspecified atom stereocenters. The molecule has 12 heavy (non-hydrogen) atoms. The molecule has 0 radical (unpaired) electrons. The highest BCUT2D eigenvalue weighted by atomic mass is 31.2. The van der Waals surface area contributed by atoms with Crippen molar-refractivity contribution < 1.29 is 14.4 Å². The van der Waals surface area contributed by atoms with E-state index in [1.165, 1.54) is 6.92 Å². The molecule has 1 heterocycles. The predicted molar refractivity (Wildman–Crippen MR) is 41.3 cm³/mol. The van der Waals surface area contributed by atoms with Crippen LogP contribution in [0.1, 0.15) is 5.69 Å². The summed E-state index contributed by atoms with van der Waals surface area (Å²) in [6.07, 6.45) is 0.884. The summed E-state index contributed by atoms with van der Waals surface area (Å²) in [5.74, 6) is 0. The van der Waals surface area contributed by atoms with Crippen molar-refractivity contribution >= 4 is 12.9 Å². The van der Waals surface area contributed by atoms with Crippen LogP contribution in [0.25, 0.3) is 0 Å². The summed E-state index contributed by atoms with van der Waals surface area (Å²) < 4.78 is 10.7. The highest BCUT2D eigenvalue weighted by Crippen LogP contribution is 2.33. The lowest BCUT2D eigenvalue weighted by molar-refractivity contribution is 0.387. The van der Waals surface area contributed by atoms with Crippen LogP contribution in [-0.4, -0.2) is 19.8 Å². The van der Waals surface area contributed by atoms with Crippen LogP contribution in [0.2, 0.25) is 0 Å². The lowest BCUT2D eigenvalue weighted by atomic mass is 10.5. The van der Waals surface area contributed by atoms with Gasteiger partial charge in [0.05, 0.1) is 0 Å². The van der Waals surface area contributed by atoms with Gasteiger partial charge < -0.3 is 14.8 Å². The molecule has 0 amide bonds. The van der Waals surface area contributed by atoms with Crippen LogP contribution in [0.4, 0.5) is 0 Å². The Labute approximate surface area is 67.4 Å². The smallest absolute Gasteiger partial charge is 0.321 e. The molecule has 1 rings (SSSR count). The van der Waals surface area contributed by atoms with Gasteiger partial charge in [-0.25, -0.2) is 9.78 Å². The van der Waals surface area contributed by atoms with Gasteiger partial charge in [0.2, 0.25) is 0 Å². The maximum Gasteiger partial charge on any atom is 0.359 e. The van der Waals surface area contributed by atoms with Crippen LogP contribution in [0, 0.1) is 6.92 Å². The number of aromatic amines is 1. The minimum absolute atomic E-state index is 0.142. The molecule has 3 N–H and O–H groups in total. The molecule has 1 aromatic rings. The number of hydrogen-bond donors (Lipinski definition) is 3. The molecule has 0 aliphatic rings. The number of nitrogens with zero attached hydrogens (tertiary/aromatic N) is 1. The zero-order valence-electron chi connectivity index (χ0n) is 6.18. The second-order valence-corrected chi connectivity index (χ2v) is 3.81. The Morgan fingerprint density at radius 1 is 1.58 bits per heavy atom. The molecule has 7 heteroatoms. The van der Waals surface area contributed by atoms with Gasteiger partial charge in [0, 0.05) is 11.9 Å². The van der Waals surface area contributed by atoms with E-state index in [1.807, 2.05) is 0 Å². The quantitative estimate of drug-likeness (QED) is 0.486. The van der Waals surface area contributed by atoms with Crippen LogP contribution >= 0.6 is 7.60 Å². The van der Waals surface area contributed by atoms with Crippen LogP contribution in [-0.2, 0) is 4.57 Å². The first-order valence-electron chi connectivity index (χ1n) is 3.03. The van der Waals surface area contributed by atoms with Crippen LogP contribution in [0.3, 0.4) is 0 Å². The first-order valence-corrected chi connectivity index (χ1v) is 4.64. The molecule has 66 valence electrons. The van der Waals surface area contributed by atoms with Crippen molar-refractivity contribution in [2.45, 2.75) is 6.92 Å². The summed E-state index contributed by atoms with van der Waals surface area (Å²) in [6.45, 7) is 1.40. The van der Waals surface area contributed by atoms with Crippen molar-refractivity contribution in [1.29, 1.82) is 0 Å². The summed E-state index contributed by atoms with van der Waals surface area (Å²) in [6, 6.07) is 0. The lowest BCUT2D eigenvalue weighted by Crippen LogP contribution is -2.20. The third-order valence-electron chi connectivity index (χ3n) is 1.30. The van der Waals surface area contributed by atoms with Crippen molar-refractivity contribution in [3.8, 4) is 0 Å². The van der Waals surface area contributed by atoms with E-state index >= 15 is 0 Å². The van der Waals surface area contributed by atoms with Gasteiger partial charge in [0.25, 0.3) is 0 Å². The summed E-state index contributed by atoms with van der Waals surface area (Å²) >= 11 is 0. The van der Waals surface area contributed by atoms with E-state index < -0.39 is 13.3 Å². The summed E-state index contributed by atoms with van der Waals surface area (Å²) in [4.78, 5) is 33.4. The average molecular weight is 190 g/mol. The van der Waals surface area contributed by atoms with Crippen molar-refractivity contribution in [1.82, 2.24) is 9.97 Å². The van der Waals surface area contributed by atoms with Crippen LogP contribution in [0.15, 0.2) is 11.0 Å². The molecule has 0 atom stereocenters. The average Bonchev–Trinajstić information content (AvgIpc) is 1.83. The van der Waals surface area contributed by atoms with Crippen LogP contribution < -0.4 is 11.0 Å². The van der Waals surface area contributed by atoms with Gasteiger partial charge in [-0.3, -0.25) is 4.57 Å². The Kier molecular flexibility index (Phi) is 2.14. The number of nitrogens with one attached hydrogen (secondary N) is 1. The Hall–Kier alpha value is -0.970. The molecule has 0 spiro atoms. The first kappa shape index (κ1) is 9.12. The van der Waals surface area contributed by atoms with E-state index in [0.717, 1.165) is 6.20 Å². The predicted octanol–water partition coefficient (Wildman–Crippen LogP) is -1.12. The maximum atomic E-state index is 10.7. The molecule has 0 aliphatic carbocycles. The van der Waals surface area contributed by atoms with E-state index in [-0.39, 0.29) is 11.0 Å². The van der Waals surface area contributed by atoms with E-state index in [4.69, 9.17) is 9.79 Å². The first-order chi connectivity index (χ1) is 5.41. The van der Waals surface area contributed by atoms with E-state index in [2.05, 4.69) is 9.97 Å². The molecule has 6 nitrogen and oxygen atoms in total. The van der Waals surface area contributed by atoms with Gasteiger partial charge in [-0.2, -0.15) is 0 Å². The molecule has 0 bridgehead atoms. The molecule has 0 saturated heterocycles. The number of rotatable bonds is 1. The summed E-state index contributed by atoms with van der Waals surface area (Å²) in [7, 11) is -4.31. The van der Waals surface area contributed by atoms with Gasteiger partial charge in [-0.1, -0.05) is 0 Å². The van der Waals surface area contributed by atoms with Gasteiger partial charge in [0.15, 0.2) is 0 Å². The van der Waals surface area contributed by atoms with Crippen molar-refractivity contribution in [2.24, 2.45) is 0 Å². The summed E-state index contributed by atoms with van der Waals surface area (Å²) in [5, 5.41) is -0.248. The van der Waals surface area contributed by atoms with Crippen molar-refractivity contribution in [2.75, 3.05) is 0 Å². The van der Waals surface area contributed by atoms with Gasteiger partial charge >= 0.3 is 13.3 Å². The fraction of sp³-hybridized carbons (Fsp3) is 0.200. The zero-order valence-corrected chi connectivity index (χ0v) is 7.08. The second kappa shape index (κ2) is 2.82. The largest absolute Gasteiger partial charge is 0.359 e. The number of H-pyrrole nitrogens is 1. The van der Waals surface area contributed by atoms with E-state index in [1.54, 1.807) is 0 Å². The third-order valence-corrected chi connectivity index (χ3v) is 2.38. The molecular formula is C5H7N2O4P. The fourth-order valence-electron chi connectivity index (χ4n) is 0.767. The zero-order chi connectivity index (χ0) is 9.35. The number of hydrogen-bond acceptors (Lipinski definition) is 3. The van der Waals surface area contributed by atoms with Gasteiger partial charge in [-0.05, 0) is 6.92 Å². The lowest BCUT2D eigenvalue weighted by Gasteiger charge is -2.04. The standard InChI is InChI=1S/C5H7N2O4P/c1-3-4(12(9,10)11)2-6-5(8)7-3/h2H,1H3,(H,6,7,8)(H2,9,10,11). The minimum atomic E-state index is -4.31. The van der Waals surface area contributed by atoms with Gasteiger partial charge in [-0.15, -0.1) is 0 Å². The van der Waals surface area contributed by atoms with Crippen molar-refractivity contribution in [3.63, 3.8) is 0 Å². The topological polar surface area (TPSA) is 103 Å². The molecule has 1 aromatic heterocycles. The normalized spacial score (nSPS) is 11.6. The Morgan fingerprint density at radius 2 is 2.17 bits per heavy atom. The number of aryl methyl sites for hydroxylation is 1. The second-order valence-electron chi connectivity index (χ2n) is 2.24. The highest BCUT2D eigenvalue weighted by molar-refractivity contribution is 7.60. The van der Waals surface area contributed by atoms with Crippen molar-refractivity contribution in [3.05, 3.63) is 22.4 Å². The number of aromatic nitrogens is 2. The Balaban J connectivity index is 3.38. The maximum absolute atomic E-state index is 10.7. The minimum Gasteiger partial charge on any atom is -0.321 e. The SMILES string of the molecule is Cc1[nH]c(=O)ncc1P(=O)(O)O. The molecular weight excluding hydrogens is 183 g/mol. The highest BCUT2D eigenvalue weighted by Gasteiger charge is 2.20.